The van der Waals surface area contributed by atoms with E-state index in [0.29, 0.717) is 54.9 Å². The standard InChI is InChI=1S/C24H24ClN5O3/c1-26-15-4-5-19-20(8-15)23(27-11-14-3-6-22(32-2)21(25)7-14)28-29-24(19)30-16-9-18(31)10-17(30)13-33-12-16/h3-8,16-18,31H,9-13H2,2H3,(H,27,28). The van der Waals surface area contributed by atoms with E-state index in [1.54, 1.807) is 13.2 Å². The molecule has 2 N–H and O–H groups in total. The number of halogens is 1. The molecule has 1 aromatic heterocycles. The van der Waals surface area contributed by atoms with E-state index < -0.39 is 0 Å². The molecule has 33 heavy (non-hydrogen) atoms. The van der Waals surface area contributed by atoms with E-state index in [9.17, 15) is 5.11 Å². The highest BCUT2D eigenvalue weighted by Crippen LogP contribution is 2.38. The molecule has 5 rings (SSSR count). The molecule has 2 aliphatic heterocycles. The van der Waals surface area contributed by atoms with Crippen LogP contribution in [0.25, 0.3) is 15.6 Å². The molecule has 9 heteroatoms. The molecule has 170 valence electrons. The number of hydrogen-bond donors (Lipinski definition) is 2. The largest absolute Gasteiger partial charge is 0.495 e. The number of piperidine rings is 1. The lowest BCUT2D eigenvalue weighted by atomic mass is 9.91. The first-order chi connectivity index (χ1) is 16.1. The van der Waals surface area contributed by atoms with Gasteiger partial charge in [0.1, 0.15) is 5.75 Å². The van der Waals surface area contributed by atoms with Crippen molar-refractivity contribution in [3.63, 3.8) is 0 Å². The van der Waals surface area contributed by atoms with E-state index in [2.05, 4.69) is 25.3 Å². The van der Waals surface area contributed by atoms with Gasteiger partial charge in [-0.05, 0) is 36.6 Å². The number of aliphatic hydroxyl groups is 1. The monoisotopic (exact) mass is 465 g/mol. The summed E-state index contributed by atoms with van der Waals surface area (Å²) >= 11 is 6.26. The fourth-order valence-corrected chi connectivity index (χ4v) is 5.04. The number of rotatable bonds is 5. The van der Waals surface area contributed by atoms with Gasteiger partial charge in [0, 0.05) is 17.3 Å². The van der Waals surface area contributed by atoms with Crippen LogP contribution in [0.5, 0.6) is 5.75 Å². The quantitative estimate of drug-likeness (QED) is 0.547. The third-order valence-corrected chi connectivity index (χ3v) is 6.58. The Morgan fingerprint density at radius 1 is 1.18 bits per heavy atom. The van der Waals surface area contributed by atoms with Gasteiger partial charge >= 0.3 is 0 Å². The van der Waals surface area contributed by atoms with Crippen molar-refractivity contribution in [2.45, 2.75) is 37.6 Å². The van der Waals surface area contributed by atoms with Gasteiger partial charge in [-0.15, -0.1) is 10.2 Å². The number of anilines is 2. The summed E-state index contributed by atoms with van der Waals surface area (Å²) < 4.78 is 11.0. The molecule has 2 aliphatic rings. The smallest absolute Gasteiger partial charge is 0.188 e. The number of hydrogen-bond acceptors (Lipinski definition) is 7. The Kier molecular flexibility index (Phi) is 5.94. The van der Waals surface area contributed by atoms with Gasteiger partial charge < -0.3 is 24.8 Å². The number of nitrogens with one attached hydrogen (secondary N) is 1. The van der Waals surface area contributed by atoms with Crippen LogP contribution in [0.4, 0.5) is 17.3 Å². The molecule has 3 aromatic rings. The minimum Gasteiger partial charge on any atom is -0.495 e. The molecular formula is C24H24ClN5O3. The molecule has 2 atom stereocenters. The lowest BCUT2D eigenvalue weighted by molar-refractivity contribution is 0.000888. The number of aliphatic hydroxyl groups excluding tert-OH is 1. The van der Waals surface area contributed by atoms with Crippen molar-refractivity contribution in [2.24, 2.45) is 0 Å². The van der Waals surface area contributed by atoms with Crippen LogP contribution in [0.3, 0.4) is 0 Å². The average molecular weight is 466 g/mol. The summed E-state index contributed by atoms with van der Waals surface area (Å²) in [5, 5.41) is 25.0. The number of benzene rings is 2. The van der Waals surface area contributed by atoms with Crippen molar-refractivity contribution in [1.82, 2.24) is 10.2 Å². The van der Waals surface area contributed by atoms with Crippen molar-refractivity contribution in [3.05, 3.63) is 58.4 Å². The molecule has 3 heterocycles. The molecule has 2 aromatic carbocycles. The highest BCUT2D eigenvalue weighted by Gasteiger charge is 2.40. The predicted molar refractivity (Wildman–Crippen MR) is 127 cm³/mol. The lowest BCUT2D eigenvalue weighted by Gasteiger charge is -2.48. The molecule has 0 radical (unpaired) electrons. The molecule has 0 amide bonds. The van der Waals surface area contributed by atoms with Gasteiger partial charge in [0.05, 0.1) is 50.1 Å². The van der Waals surface area contributed by atoms with Gasteiger partial charge in [-0.3, -0.25) is 0 Å². The zero-order chi connectivity index (χ0) is 22.9. The van der Waals surface area contributed by atoms with Crippen LogP contribution in [0.15, 0.2) is 36.4 Å². The maximum absolute atomic E-state index is 10.3. The lowest BCUT2D eigenvalue weighted by Crippen LogP contribution is -2.58. The Bertz CT molecular complexity index is 1220. The summed E-state index contributed by atoms with van der Waals surface area (Å²) in [6, 6.07) is 11.3. The van der Waals surface area contributed by atoms with Crippen molar-refractivity contribution in [1.29, 1.82) is 0 Å². The van der Waals surface area contributed by atoms with Gasteiger partial charge in [0.25, 0.3) is 0 Å². The molecule has 2 saturated heterocycles. The zero-order valence-corrected chi connectivity index (χ0v) is 18.9. The molecule has 2 fully saturated rings. The number of methoxy groups -OCH3 is 1. The van der Waals surface area contributed by atoms with Crippen LogP contribution < -0.4 is 15.0 Å². The number of morpholine rings is 1. The number of ether oxygens (including phenoxy) is 2. The second-order valence-electron chi connectivity index (χ2n) is 8.41. The van der Waals surface area contributed by atoms with Crippen LogP contribution >= 0.6 is 11.6 Å². The minimum atomic E-state index is -0.328. The summed E-state index contributed by atoms with van der Waals surface area (Å²) in [6.45, 7) is 9.04. The fraction of sp³-hybridized carbons (Fsp3) is 0.375. The van der Waals surface area contributed by atoms with E-state index in [1.165, 1.54) is 0 Å². The maximum atomic E-state index is 10.3. The molecule has 0 aliphatic carbocycles. The highest BCUT2D eigenvalue weighted by atomic mass is 35.5. The Morgan fingerprint density at radius 2 is 1.97 bits per heavy atom. The second kappa shape index (κ2) is 9.02. The first-order valence-electron chi connectivity index (χ1n) is 10.9. The Labute approximate surface area is 196 Å². The van der Waals surface area contributed by atoms with E-state index >= 15 is 0 Å². The fourth-order valence-electron chi connectivity index (χ4n) is 4.76. The molecule has 2 bridgehead atoms. The Morgan fingerprint density at radius 3 is 2.67 bits per heavy atom. The van der Waals surface area contributed by atoms with Crippen LogP contribution in [0, 0.1) is 6.57 Å². The van der Waals surface area contributed by atoms with Crippen molar-refractivity contribution in [3.8, 4) is 5.75 Å². The Balaban J connectivity index is 1.50. The number of fused-ring (bicyclic) bond motifs is 3. The second-order valence-corrected chi connectivity index (χ2v) is 8.82. The Hall–Kier alpha value is -3.12. The first-order valence-corrected chi connectivity index (χ1v) is 11.2. The topological polar surface area (TPSA) is 84.1 Å². The molecule has 8 nitrogen and oxygen atoms in total. The van der Waals surface area contributed by atoms with Crippen LogP contribution in [-0.2, 0) is 11.3 Å². The van der Waals surface area contributed by atoms with E-state index in [1.807, 2.05) is 30.3 Å². The SMILES string of the molecule is [C-]#[N+]c1ccc2c(N3C4COCC3CC(O)C4)nnc(NCc3ccc(OC)c(Cl)c3)c2c1. The van der Waals surface area contributed by atoms with E-state index in [0.717, 1.165) is 22.2 Å². The van der Waals surface area contributed by atoms with Crippen molar-refractivity contribution < 1.29 is 14.6 Å². The van der Waals surface area contributed by atoms with Crippen LogP contribution in [0.2, 0.25) is 5.02 Å². The minimum absolute atomic E-state index is 0.0470. The third kappa shape index (κ3) is 4.15. The molecule has 0 saturated carbocycles. The van der Waals surface area contributed by atoms with Gasteiger partial charge in [0.2, 0.25) is 0 Å². The van der Waals surface area contributed by atoms with Crippen molar-refractivity contribution >= 4 is 39.7 Å². The molecular weight excluding hydrogens is 442 g/mol. The summed E-state index contributed by atoms with van der Waals surface area (Å²) in [5.74, 6) is 1.99. The predicted octanol–water partition coefficient (Wildman–Crippen LogP) is 4.18. The maximum Gasteiger partial charge on any atom is 0.188 e. The van der Waals surface area contributed by atoms with E-state index in [-0.39, 0.29) is 18.2 Å². The van der Waals surface area contributed by atoms with E-state index in [4.69, 9.17) is 27.6 Å². The van der Waals surface area contributed by atoms with Gasteiger partial charge in [-0.1, -0.05) is 29.8 Å². The number of aromatic nitrogens is 2. The average Bonchev–Trinajstić information content (AvgIpc) is 2.82. The van der Waals surface area contributed by atoms with Crippen LogP contribution in [-0.4, -0.2) is 53.8 Å². The van der Waals surface area contributed by atoms with Crippen molar-refractivity contribution in [2.75, 3.05) is 30.5 Å². The summed E-state index contributed by atoms with van der Waals surface area (Å²) in [5.41, 5.74) is 1.51. The van der Waals surface area contributed by atoms with Crippen LogP contribution in [0.1, 0.15) is 18.4 Å². The summed E-state index contributed by atoms with van der Waals surface area (Å²) in [4.78, 5) is 5.84. The highest BCUT2D eigenvalue weighted by molar-refractivity contribution is 6.32. The van der Waals surface area contributed by atoms with Gasteiger partial charge in [-0.25, -0.2) is 4.85 Å². The van der Waals surface area contributed by atoms with Gasteiger partial charge in [0.15, 0.2) is 17.3 Å². The first kappa shape index (κ1) is 21.7. The third-order valence-electron chi connectivity index (χ3n) is 6.29. The number of nitrogens with zero attached hydrogens (tertiary/aromatic N) is 4. The molecule has 0 spiro atoms. The molecule has 2 unspecified atom stereocenters. The summed E-state index contributed by atoms with van der Waals surface area (Å²) in [6.07, 6.45) is 0.946. The summed E-state index contributed by atoms with van der Waals surface area (Å²) in [7, 11) is 1.58. The van der Waals surface area contributed by atoms with Gasteiger partial charge in [-0.2, -0.15) is 0 Å². The zero-order valence-electron chi connectivity index (χ0n) is 18.2. The normalized spacial score (nSPS) is 22.1.